The molecular weight excluding hydrogens is 420 g/mol. The van der Waals surface area contributed by atoms with E-state index < -0.39 is 5.97 Å². The molecule has 0 unspecified atom stereocenters. The number of aliphatic carboxylic acids is 1. The van der Waals surface area contributed by atoms with Gasteiger partial charge in [0.1, 0.15) is 11.8 Å². The summed E-state index contributed by atoms with van der Waals surface area (Å²) in [6.07, 6.45) is -0.0537. The number of benzene rings is 2. The number of carbonyl (C=O) groups is 1. The van der Waals surface area contributed by atoms with Crippen LogP contribution in [-0.2, 0) is 11.3 Å². The van der Waals surface area contributed by atoms with Crippen LogP contribution in [-0.4, -0.2) is 45.8 Å². The maximum atomic E-state index is 10.8. The molecule has 1 heterocycles. The van der Waals surface area contributed by atoms with E-state index in [4.69, 9.17) is 26.0 Å². The van der Waals surface area contributed by atoms with Crippen molar-refractivity contribution in [3.05, 3.63) is 52.5 Å². The number of likely N-dealkylation sites (N-methyl/N-ethyl adjacent to an activating group) is 1. The van der Waals surface area contributed by atoms with Crippen LogP contribution in [0.1, 0.15) is 25.0 Å². The highest BCUT2D eigenvalue weighted by Crippen LogP contribution is 2.31. The third-order valence-electron chi connectivity index (χ3n) is 4.27. The second-order valence-corrected chi connectivity index (χ2v) is 7.70. The topological polar surface area (TPSA) is 112 Å². The smallest absolute Gasteiger partial charge is 0.317 e. The first-order valence-corrected chi connectivity index (χ1v) is 9.88. The highest BCUT2D eigenvalue weighted by Gasteiger charge is 2.16. The summed E-state index contributed by atoms with van der Waals surface area (Å²) in [6, 6.07) is 12.5. The molecule has 0 bridgehead atoms. The number of hydrogen-bond acceptors (Lipinski definition) is 7. The number of ether oxygens (including phenoxy) is 1. The zero-order valence-electron chi connectivity index (χ0n) is 17.3. The van der Waals surface area contributed by atoms with Gasteiger partial charge >= 0.3 is 5.97 Å². The van der Waals surface area contributed by atoms with Crippen LogP contribution < -0.4 is 4.74 Å². The molecule has 0 spiro atoms. The first kappa shape index (κ1) is 22.3. The van der Waals surface area contributed by atoms with Crippen molar-refractivity contribution in [3.63, 3.8) is 0 Å². The lowest BCUT2D eigenvalue weighted by atomic mass is 10.1. The van der Waals surface area contributed by atoms with Crippen molar-refractivity contribution in [1.29, 1.82) is 5.26 Å². The molecule has 0 aliphatic carbocycles. The molecule has 0 aliphatic heterocycles. The Balaban J connectivity index is 1.82. The van der Waals surface area contributed by atoms with Crippen LogP contribution in [0.4, 0.5) is 0 Å². The van der Waals surface area contributed by atoms with E-state index >= 15 is 0 Å². The molecule has 1 N–H and O–H groups in total. The molecule has 8 nitrogen and oxygen atoms in total. The minimum Gasteiger partial charge on any atom is -0.490 e. The van der Waals surface area contributed by atoms with Gasteiger partial charge < -0.3 is 14.4 Å². The molecule has 0 saturated heterocycles. The van der Waals surface area contributed by atoms with E-state index in [0.29, 0.717) is 39.8 Å². The van der Waals surface area contributed by atoms with E-state index in [1.807, 2.05) is 19.9 Å². The van der Waals surface area contributed by atoms with Gasteiger partial charge in [0.2, 0.25) is 5.82 Å². The van der Waals surface area contributed by atoms with Crippen LogP contribution in [0.15, 0.2) is 40.9 Å². The largest absolute Gasteiger partial charge is 0.490 e. The average molecular weight is 441 g/mol. The molecule has 0 amide bonds. The van der Waals surface area contributed by atoms with Gasteiger partial charge in [0.15, 0.2) is 0 Å². The Bertz CT molecular complexity index is 1140. The van der Waals surface area contributed by atoms with E-state index in [1.165, 1.54) is 0 Å². The molecule has 2 aromatic carbocycles. The number of nitrogens with zero attached hydrogens (tertiary/aromatic N) is 4. The Morgan fingerprint density at radius 3 is 2.74 bits per heavy atom. The van der Waals surface area contributed by atoms with E-state index in [0.717, 1.165) is 5.56 Å². The van der Waals surface area contributed by atoms with Crippen LogP contribution in [0, 0.1) is 11.3 Å². The Morgan fingerprint density at radius 2 is 2.10 bits per heavy atom. The second kappa shape index (κ2) is 9.60. The summed E-state index contributed by atoms with van der Waals surface area (Å²) in [5.41, 5.74) is 2.41. The first-order chi connectivity index (χ1) is 14.8. The Kier molecular flexibility index (Phi) is 6.90. The third-order valence-corrected chi connectivity index (χ3v) is 4.58. The molecule has 31 heavy (non-hydrogen) atoms. The van der Waals surface area contributed by atoms with Crippen molar-refractivity contribution in [2.45, 2.75) is 26.5 Å². The molecule has 1 aromatic heterocycles. The Morgan fingerprint density at radius 1 is 1.32 bits per heavy atom. The number of hydrogen-bond donors (Lipinski definition) is 1. The van der Waals surface area contributed by atoms with E-state index in [9.17, 15) is 10.1 Å². The molecule has 0 atom stereocenters. The van der Waals surface area contributed by atoms with Crippen LogP contribution in [0.2, 0.25) is 5.02 Å². The number of halogens is 1. The third kappa shape index (κ3) is 5.60. The zero-order chi connectivity index (χ0) is 22.5. The first-order valence-electron chi connectivity index (χ1n) is 9.51. The lowest BCUT2D eigenvalue weighted by Gasteiger charge is -2.14. The van der Waals surface area contributed by atoms with Crippen molar-refractivity contribution in [2.75, 3.05) is 13.6 Å². The van der Waals surface area contributed by atoms with Gasteiger partial charge in [-0.05, 0) is 56.8 Å². The highest BCUT2D eigenvalue weighted by atomic mass is 35.5. The lowest BCUT2D eigenvalue weighted by molar-refractivity contribution is -0.138. The van der Waals surface area contributed by atoms with E-state index in [-0.39, 0.29) is 18.5 Å². The standard InChI is InChI=1S/C22H21ClN4O4/c1-13(2)30-19-7-5-15(9-16(19)10-24)22-25-21(26-31-22)17-6-4-14(8-18(17)23)11-27(3)12-20(28)29/h4-9,13H,11-12H2,1-3H3,(H,28,29). The minimum atomic E-state index is -0.895. The quantitative estimate of drug-likeness (QED) is 0.553. The maximum absolute atomic E-state index is 10.8. The molecule has 160 valence electrons. The normalized spacial score (nSPS) is 11.0. The molecule has 0 fully saturated rings. The minimum absolute atomic E-state index is 0.0537. The Labute approximate surface area is 184 Å². The maximum Gasteiger partial charge on any atom is 0.317 e. The van der Waals surface area contributed by atoms with Gasteiger partial charge in [0, 0.05) is 17.7 Å². The van der Waals surface area contributed by atoms with Crippen LogP contribution in [0.5, 0.6) is 5.75 Å². The Hall–Kier alpha value is -3.41. The van der Waals surface area contributed by atoms with Crippen molar-refractivity contribution < 1.29 is 19.2 Å². The average Bonchev–Trinajstić information content (AvgIpc) is 3.17. The molecule has 0 saturated carbocycles. The predicted molar refractivity (Wildman–Crippen MR) is 115 cm³/mol. The SMILES string of the molecule is CC(C)Oc1ccc(-c2nc(-c3ccc(CN(C)CC(=O)O)cc3Cl)no2)cc1C#N. The number of carboxylic acids is 1. The van der Waals surface area contributed by atoms with Gasteiger partial charge in [-0.1, -0.05) is 22.8 Å². The van der Waals surface area contributed by atoms with Crippen LogP contribution in [0.3, 0.4) is 0 Å². The van der Waals surface area contributed by atoms with Gasteiger partial charge in [-0.15, -0.1) is 0 Å². The molecular formula is C22H21ClN4O4. The van der Waals surface area contributed by atoms with Crippen molar-refractivity contribution in [1.82, 2.24) is 15.0 Å². The highest BCUT2D eigenvalue weighted by molar-refractivity contribution is 6.33. The fourth-order valence-corrected chi connectivity index (χ4v) is 3.28. The van der Waals surface area contributed by atoms with E-state index in [2.05, 4.69) is 16.2 Å². The van der Waals surface area contributed by atoms with Crippen LogP contribution in [0.25, 0.3) is 22.8 Å². The summed E-state index contributed by atoms with van der Waals surface area (Å²) < 4.78 is 11.0. The fraction of sp³-hybridized carbons (Fsp3) is 0.273. The summed E-state index contributed by atoms with van der Waals surface area (Å²) in [6.45, 7) is 4.14. The molecule has 3 aromatic rings. The summed E-state index contributed by atoms with van der Waals surface area (Å²) in [5.74, 6) is 0.163. The summed E-state index contributed by atoms with van der Waals surface area (Å²) in [7, 11) is 1.72. The molecule has 0 radical (unpaired) electrons. The molecule has 9 heteroatoms. The lowest BCUT2D eigenvalue weighted by Crippen LogP contribution is -2.25. The number of aromatic nitrogens is 2. The van der Waals surface area contributed by atoms with Gasteiger partial charge in [0.25, 0.3) is 5.89 Å². The van der Waals surface area contributed by atoms with Crippen molar-refractivity contribution >= 4 is 17.6 Å². The van der Waals surface area contributed by atoms with E-state index in [1.54, 1.807) is 42.3 Å². The number of carboxylic acid groups (broad SMARTS) is 1. The van der Waals surface area contributed by atoms with Gasteiger partial charge in [-0.3, -0.25) is 9.69 Å². The van der Waals surface area contributed by atoms with Gasteiger partial charge in [-0.2, -0.15) is 10.2 Å². The summed E-state index contributed by atoms with van der Waals surface area (Å²) in [5, 5.41) is 22.7. The number of nitriles is 1. The predicted octanol–water partition coefficient (Wildman–Crippen LogP) is 4.23. The monoisotopic (exact) mass is 440 g/mol. The molecule has 3 rings (SSSR count). The fourth-order valence-electron chi connectivity index (χ4n) is 2.99. The van der Waals surface area contributed by atoms with Crippen molar-refractivity contribution in [2.24, 2.45) is 0 Å². The van der Waals surface area contributed by atoms with Crippen molar-refractivity contribution in [3.8, 4) is 34.7 Å². The van der Waals surface area contributed by atoms with Gasteiger partial charge in [0.05, 0.1) is 23.2 Å². The van der Waals surface area contributed by atoms with Gasteiger partial charge in [-0.25, -0.2) is 0 Å². The van der Waals surface area contributed by atoms with Crippen LogP contribution >= 0.6 is 11.6 Å². The number of rotatable bonds is 8. The summed E-state index contributed by atoms with van der Waals surface area (Å²) >= 11 is 6.41. The second-order valence-electron chi connectivity index (χ2n) is 7.29. The zero-order valence-corrected chi connectivity index (χ0v) is 18.1. The summed E-state index contributed by atoms with van der Waals surface area (Å²) in [4.78, 5) is 16.9. The molecule has 0 aliphatic rings.